The van der Waals surface area contributed by atoms with Crippen LogP contribution in [0, 0.1) is 0 Å². The molecular formula is C13H14N2O. The summed E-state index contributed by atoms with van der Waals surface area (Å²) < 4.78 is 1.59. The van der Waals surface area contributed by atoms with E-state index in [1.54, 1.807) is 17.8 Å². The van der Waals surface area contributed by atoms with E-state index >= 15 is 0 Å². The van der Waals surface area contributed by atoms with E-state index in [9.17, 15) is 4.79 Å². The number of nitrogens with zero attached hydrogens (tertiary/aromatic N) is 2. The quantitative estimate of drug-likeness (QED) is 0.765. The van der Waals surface area contributed by atoms with Crippen LogP contribution in [-0.2, 0) is 7.05 Å². The lowest BCUT2D eigenvalue weighted by Crippen LogP contribution is -2.22. The molecule has 0 aliphatic rings. The van der Waals surface area contributed by atoms with Crippen molar-refractivity contribution in [2.75, 3.05) is 0 Å². The van der Waals surface area contributed by atoms with Gasteiger partial charge in [-0.2, -0.15) is 0 Å². The molecule has 0 saturated heterocycles. The van der Waals surface area contributed by atoms with Crippen LogP contribution in [0.3, 0.4) is 0 Å². The lowest BCUT2D eigenvalue weighted by Gasteiger charge is -2.14. The molecule has 1 aromatic heterocycles. The summed E-state index contributed by atoms with van der Waals surface area (Å²) >= 11 is 0. The Morgan fingerprint density at radius 2 is 1.88 bits per heavy atom. The normalized spacial score (nSPS) is 12.4. The van der Waals surface area contributed by atoms with E-state index < -0.39 is 0 Å². The molecule has 0 N–H and O–H groups in total. The highest BCUT2D eigenvalue weighted by molar-refractivity contribution is 5.24. The topological polar surface area (TPSA) is 34.9 Å². The first-order valence-electron chi connectivity index (χ1n) is 5.27. The second-order valence-corrected chi connectivity index (χ2v) is 3.83. The van der Waals surface area contributed by atoms with Crippen LogP contribution in [0.1, 0.15) is 24.2 Å². The van der Waals surface area contributed by atoms with Crippen LogP contribution in [0.4, 0.5) is 0 Å². The van der Waals surface area contributed by atoms with Gasteiger partial charge in [-0.3, -0.25) is 9.36 Å². The van der Waals surface area contributed by atoms with Crippen molar-refractivity contribution in [3.8, 4) is 0 Å². The van der Waals surface area contributed by atoms with Crippen molar-refractivity contribution < 1.29 is 0 Å². The number of rotatable bonds is 2. The third kappa shape index (κ3) is 1.89. The molecule has 0 unspecified atom stereocenters. The van der Waals surface area contributed by atoms with Crippen molar-refractivity contribution in [2.24, 2.45) is 7.05 Å². The van der Waals surface area contributed by atoms with Crippen molar-refractivity contribution in [2.45, 2.75) is 12.8 Å². The summed E-state index contributed by atoms with van der Waals surface area (Å²) in [5.41, 5.74) is 1.14. The Morgan fingerprint density at radius 3 is 2.56 bits per heavy atom. The molecule has 3 nitrogen and oxygen atoms in total. The minimum Gasteiger partial charge on any atom is -0.299 e. The molecule has 0 fully saturated rings. The van der Waals surface area contributed by atoms with Gasteiger partial charge in [0, 0.05) is 25.2 Å². The molecule has 16 heavy (non-hydrogen) atoms. The smallest absolute Gasteiger partial charge is 0.253 e. The molecule has 1 aromatic carbocycles. The van der Waals surface area contributed by atoms with E-state index in [1.165, 1.54) is 6.07 Å². The van der Waals surface area contributed by atoms with E-state index in [1.807, 2.05) is 30.3 Å². The molecular weight excluding hydrogens is 200 g/mol. The van der Waals surface area contributed by atoms with Gasteiger partial charge in [0.05, 0.1) is 0 Å². The largest absolute Gasteiger partial charge is 0.299 e. The molecule has 0 aliphatic heterocycles. The Balaban J connectivity index is 2.46. The monoisotopic (exact) mass is 214 g/mol. The highest BCUT2D eigenvalue weighted by Crippen LogP contribution is 2.20. The van der Waals surface area contributed by atoms with Crippen molar-refractivity contribution in [1.29, 1.82) is 0 Å². The number of hydrogen-bond acceptors (Lipinski definition) is 2. The predicted octanol–water partition coefficient (Wildman–Crippen LogP) is 1.93. The summed E-state index contributed by atoms with van der Waals surface area (Å²) in [5.74, 6) is 0.916. The second-order valence-electron chi connectivity index (χ2n) is 3.83. The van der Waals surface area contributed by atoms with Gasteiger partial charge in [-0.15, -0.1) is 0 Å². The summed E-state index contributed by atoms with van der Waals surface area (Å²) in [6.45, 7) is 2.05. The summed E-state index contributed by atoms with van der Waals surface area (Å²) in [5, 5.41) is 0. The zero-order valence-corrected chi connectivity index (χ0v) is 9.42. The fourth-order valence-electron chi connectivity index (χ4n) is 1.78. The molecule has 2 aromatic rings. The van der Waals surface area contributed by atoms with Crippen LogP contribution < -0.4 is 5.56 Å². The maximum Gasteiger partial charge on any atom is 0.253 e. The Bertz CT molecular complexity index is 531. The van der Waals surface area contributed by atoms with Gasteiger partial charge in [-0.1, -0.05) is 37.3 Å². The van der Waals surface area contributed by atoms with Crippen LogP contribution in [0.5, 0.6) is 0 Å². The molecule has 0 spiro atoms. The summed E-state index contributed by atoms with van der Waals surface area (Å²) in [7, 11) is 1.75. The average Bonchev–Trinajstić information content (AvgIpc) is 2.33. The molecule has 2 rings (SSSR count). The zero-order chi connectivity index (χ0) is 11.5. The van der Waals surface area contributed by atoms with Gasteiger partial charge in [0.1, 0.15) is 5.82 Å². The molecule has 0 amide bonds. The zero-order valence-electron chi connectivity index (χ0n) is 9.42. The van der Waals surface area contributed by atoms with Gasteiger partial charge in [0.15, 0.2) is 0 Å². The molecule has 0 radical (unpaired) electrons. The summed E-state index contributed by atoms with van der Waals surface area (Å²) in [4.78, 5) is 15.8. The Hall–Kier alpha value is -1.90. The first-order chi connectivity index (χ1) is 7.70. The summed E-state index contributed by atoms with van der Waals surface area (Å²) in [6.07, 6.45) is 1.57. The van der Waals surface area contributed by atoms with Crippen molar-refractivity contribution >= 4 is 0 Å². The van der Waals surface area contributed by atoms with E-state index in [0.717, 1.165) is 11.4 Å². The molecule has 82 valence electrons. The van der Waals surface area contributed by atoms with Crippen LogP contribution in [0.25, 0.3) is 0 Å². The van der Waals surface area contributed by atoms with E-state index in [0.29, 0.717) is 0 Å². The van der Waals surface area contributed by atoms with Crippen LogP contribution in [0.15, 0.2) is 47.4 Å². The molecule has 0 aliphatic carbocycles. The molecule has 0 bridgehead atoms. The number of benzene rings is 1. The predicted molar refractivity (Wildman–Crippen MR) is 63.4 cm³/mol. The van der Waals surface area contributed by atoms with Crippen LogP contribution >= 0.6 is 0 Å². The van der Waals surface area contributed by atoms with Crippen LogP contribution in [0.2, 0.25) is 0 Å². The highest BCUT2D eigenvalue weighted by atomic mass is 16.1. The van der Waals surface area contributed by atoms with Crippen LogP contribution in [-0.4, -0.2) is 9.55 Å². The van der Waals surface area contributed by atoms with E-state index in [4.69, 9.17) is 0 Å². The van der Waals surface area contributed by atoms with E-state index in [2.05, 4.69) is 11.9 Å². The SMILES string of the molecule is C[C@H](c1ccccc1)c1nccc(=O)n1C. The minimum absolute atomic E-state index is 0.0206. The van der Waals surface area contributed by atoms with Crippen molar-refractivity contribution in [3.05, 3.63) is 64.3 Å². The lowest BCUT2D eigenvalue weighted by molar-refractivity contribution is 0.686. The third-order valence-electron chi connectivity index (χ3n) is 2.79. The average molecular weight is 214 g/mol. The van der Waals surface area contributed by atoms with E-state index in [-0.39, 0.29) is 11.5 Å². The van der Waals surface area contributed by atoms with Crippen molar-refractivity contribution in [3.63, 3.8) is 0 Å². The minimum atomic E-state index is -0.0206. The fourth-order valence-corrected chi connectivity index (χ4v) is 1.78. The van der Waals surface area contributed by atoms with Gasteiger partial charge in [0.25, 0.3) is 5.56 Å². The van der Waals surface area contributed by atoms with Gasteiger partial charge in [-0.25, -0.2) is 4.98 Å². The Labute approximate surface area is 94.4 Å². The summed E-state index contributed by atoms with van der Waals surface area (Å²) in [6, 6.07) is 11.5. The fraction of sp³-hybridized carbons (Fsp3) is 0.231. The third-order valence-corrected chi connectivity index (χ3v) is 2.79. The highest BCUT2D eigenvalue weighted by Gasteiger charge is 2.12. The maximum absolute atomic E-state index is 11.5. The number of hydrogen-bond donors (Lipinski definition) is 0. The first kappa shape index (κ1) is 10.6. The Kier molecular flexibility index (Phi) is 2.86. The maximum atomic E-state index is 11.5. The standard InChI is InChI=1S/C13H14N2O/c1-10(11-6-4-3-5-7-11)13-14-9-8-12(16)15(13)2/h3-10H,1-2H3/t10-/m1/s1. The van der Waals surface area contributed by atoms with Gasteiger partial charge in [-0.05, 0) is 5.56 Å². The lowest BCUT2D eigenvalue weighted by atomic mass is 10.0. The first-order valence-corrected chi connectivity index (χ1v) is 5.27. The Morgan fingerprint density at radius 1 is 1.19 bits per heavy atom. The second kappa shape index (κ2) is 4.31. The van der Waals surface area contributed by atoms with Gasteiger partial charge in [0.2, 0.25) is 0 Å². The number of aromatic nitrogens is 2. The molecule has 0 saturated carbocycles. The molecule has 3 heteroatoms. The van der Waals surface area contributed by atoms with Gasteiger partial charge < -0.3 is 0 Å². The van der Waals surface area contributed by atoms with Crippen molar-refractivity contribution in [1.82, 2.24) is 9.55 Å². The van der Waals surface area contributed by atoms with Gasteiger partial charge >= 0.3 is 0 Å². The molecule has 1 heterocycles. The molecule has 1 atom stereocenters.